The monoisotopic (exact) mass is 604 g/mol. The van der Waals surface area contributed by atoms with Gasteiger partial charge in [-0.1, -0.05) is 76.6 Å². The molecule has 1 N–H and O–H groups in total. The summed E-state index contributed by atoms with van der Waals surface area (Å²) in [6.45, 7) is 0. The first kappa shape index (κ1) is 25.5. The number of nitrogens with zero attached hydrogens (tertiary/aromatic N) is 1. The summed E-state index contributed by atoms with van der Waals surface area (Å²) >= 11 is 3.46. The lowest BCUT2D eigenvalue weighted by Gasteiger charge is -2.37. The molecule has 1 fully saturated rings. The number of ether oxygens (including phenoxy) is 1. The van der Waals surface area contributed by atoms with Crippen molar-refractivity contribution in [3.8, 4) is 5.75 Å². The van der Waals surface area contributed by atoms with Crippen molar-refractivity contribution in [2.45, 2.75) is 17.5 Å². The molecule has 7 rings (SSSR count). The number of anilines is 2. The molecule has 0 aromatic heterocycles. The number of ketones is 2. The minimum Gasteiger partial charge on any atom is -0.497 e. The van der Waals surface area contributed by atoms with E-state index in [1.807, 2.05) is 77.7 Å². The molecule has 1 saturated heterocycles. The molecular formula is C34H25BrN2O4. The number of para-hydroxylation sites is 2. The van der Waals surface area contributed by atoms with Crippen LogP contribution in [0.4, 0.5) is 11.4 Å². The minimum atomic E-state index is -1.34. The maximum absolute atomic E-state index is 14.8. The first-order chi connectivity index (χ1) is 19.9. The van der Waals surface area contributed by atoms with E-state index < -0.39 is 23.4 Å². The van der Waals surface area contributed by atoms with Crippen molar-refractivity contribution >= 4 is 50.9 Å². The van der Waals surface area contributed by atoms with Gasteiger partial charge in [0.15, 0.2) is 11.6 Å². The number of fused-ring (bicyclic) bond motifs is 6. The predicted octanol–water partition coefficient (Wildman–Crippen LogP) is 6.31. The topological polar surface area (TPSA) is 75.7 Å². The van der Waals surface area contributed by atoms with Gasteiger partial charge in [0.25, 0.3) is 0 Å². The fourth-order valence-electron chi connectivity index (χ4n) is 6.84. The number of benzene rings is 4. The molecule has 0 saturated carbocycles. The van der Waals surface area contributed by atoms with Gasteiger partial charge < -0.3 is 15.0 Å². The van der Waals surface area contributed by atoms with E-state index in [1.165, 1.54) is 0 Å². The van der Waals surface area contributed by atoms with Crippen LogP contribution in [-0.4, -0.2) is 36.7 Å². The van der Waals surface area contributed by atoms with E-state index in [0.717, 1.165) is 21.3 Å². The lowest BCUT2D eigenvalue weighted by Crippen LogP contribution is -2.51. The molecule has 4 atom stereocenters. The smallest absolute Gasteiger partial charge is 0.238 e. The van der Waals surface area contributed by atoms with Crippen LogP contribution in [0, 0.1) is 5.92 Å². The van der Waals surface area contributed by atoms with Crippen LogP contribution in [0.3, 0.4) is 0 Å². The maximum atomic E-state index is 14.8. The minimum absolute atomic E-state index is 0.214. The van der Waals surface area contributed by atoms with Crippen LogP contribution in [0.2, 0.25) is 0 Å². The summed E-state index contributed by atoms with van der Waals surface area (Å²) in [5, 5.41) is 3.06. The Morgan fingerprint density at radius 1 is 0.854 bits per heavy atom. The maximum Gasteiger partial charge on any atom is 0.238 e. The summed E-state index contributed by atoms with van der Waals surface area (Å²) in [5.74, 6) is -1.17. The molecule has 41 heavy (non-hydrogen) atoms. The van der Waals surface area contributed by atoms with Crippen LogP contribution in [0.1, 0.15) is 31.8 Å². The van der Waals surface area contributed by atoms with Crippen molar-refractivity contribution in [2.24, 2.45) is 5.92 Å². The Hall–Kier alpha value is -4.49. The third-order valence-electron chi connectivity index (χ3n) is 8.60. The van der Waals surface area contributed by atoms with Crippen molar-refractivity contribution in [3.05, 3.63) is 130 Å². The Morgan fingerprint density at radius 2 is 1.51 bits per heavy atom. The first-order valence-electron chi connectivity index (χ1n) is 13.4. The van der Waals surface area contributed by atoms with Gasteiger partial charge in [0, 0.05) is 27.0 Å². The van der Waals surface area contributed by atoms with Crippen molar-refractivity contribution < 1.29 is 19.1 Å². The first-order valence-corrected chi connectivity index (χ1v) is 14.2. The summed E-state index contributed by atoms with van der Waals surface area (Å²) < 4.78 is 6.17. The molecule has 0 bridgehead atoms. The number of nitrogens with one attached hydrogen (secondary N) is 1. The Balaban J connectivity index is 1.52. The fraction of sp³-hybridized carbons (Fsp3) is 0.147. The van der Waals surface area contributed by atoms with E-state index in [9.17, 15) is 14.4 Å². The molecule has 6 nitrogen and oxygen atoms in total. The number of rotatable bonds is 5. The van der Waals surface area contributed by atoms with E-state index in [4.69, 9.17) is 4.74 Å². The zero-order valence-corrected chi connectivity index (χ0v) is 23.7. The van der Waals surface area contributed by atoms with Crippen LogP contribution >= 0.6 is 15.9 Å². The van der Waals surface area contributed by atoms with Gasteiger partial charge in [-0.05, 0) is 59.7 Å². The molecule has 0 unspecified atom stereocenters. The molecule has 3 heterocycles. The van der Waals surface area contributed by atoms with Crippen LogP contribution in [-0.2, 0) is 10.2 Å². The highest BCUT2D eigenvalue weighted by Crippen LogP contribution is 2.58. The summed E-state index contributed by atoms with van der Waals surface area (Å²) in [4.78, 5) is 45.8. The molecule has 3 aliphatic rings. The Labute approximate surface area is 245 Å². The molecule has 4 aromatic rings. The third-order valence-corrected chi connectivity index (χ3v) is 9.12. The zero-order chi connectivity index (χ0) is 28.3. The third kappa shape index (κ3) is 3.65. The van der Waals surface area contributed by atoms with E-state index in [-0.39, 0.29) is 17.5 Å². The molecule has 3 aliphatic heterocycles. The van der Waals surface area contributed by atoms with Gasteiger partial charge in [-0.3, -0.25) is 14.4 Å². The average molecular weight is 605 g/mol. The molecule has 7 heteroatoms. The summed E-state index contributed by atoms with van der Waals surface area (Å²) in [5.41, 5.74) is 2.68. The number of methoxy groups -OCH3 is 1. The number of hydrogen-bond acceptors (Lipinski definition) is 5. The molecule has 0 aliphatic carbocycles. The highest BCUT2D eigenvalue weighted by Gasteiger charge is 2.70. The van der Waals surface area contributed by atoms with Crippen molar-refractivity contribution in [1.82, 2.24) is 0 Å². The molecule has 4 aromatic carbocycles. The number of amides is 1. The SMILES string of the molecule is COc1ccc(C(=O)[C@@H]2[C@H](C(=O)c3ccc(Br)cc3)N3c4ccccc4C=C[C@@H]3[C@]23C(=O)Nc2ccccc23)cc1. The Kier molecular flexibility index (Phi) is 5.94. The Morgan fingerprint density at radius 3 is 2.27 bits per heavy atom. The predicted molar refractivity (Wildman–Crippen MR) is 162 cm³/mol. The van der Waals surface area contributed by atoms with Gasteiger partial charge >= 0.3 is 0 Å². The zero-order valence-electron chi connectivity index (χ0n) is 22.1. The summed E-state index contributed by atoms with van der Waals surface area (Å²) in [7, 11) is 1.57. The van der Waals surface area contributed by atoms with Gasteiger partial charge in [0.2, 0.25) is 5.91 Å². The number of carbonyl (C=O) groups is 3. The van der Waals surface area contributed by atoms with Crippen molar-refractivity contribution in [1.29, 1.82) is 0 Å². The fourth-order valence-corrected chi connectivity index (χ4v) is 7.10. The van der Waals surface area contributed by atoms with Gasteiger partial charge in [-0.15, -0.1) is 0 Å². The normalized spacial score (nSPS) is 23.5. The second-order valence-electron chi connectivity index (χ2n) is 10.5. The highest BCUT2D eigenvalue weighted by atomic mass is 79.9. The molecule has 0 radical (unpaired) electrons. The second-order valence-corrected chi connectivity index (χ2v) is 11.4. The highest BCUT2D eigenvalue weighted by molar-refractivity contribution is 9.10. The molecular weight excluding hydrogens is 580 g/mol. The van der Waals surface area contributed by atoms with E-state index in [1.54, 1.807) is 43.5 Å². The molecule has 1 amide bonds. The number of Topliss-reactive ketones (excluding diaryl/α,β-unsaturated/α-hetero) is 2. The van der Waals surface area contributed by atoms with Crippen LogP contribution < -0.4 is 15.0 Å². The lowest BCUT2D eigenvalue weighted by atomic mass is 9.64. The Bertz CT molecular complexity index is 1750. The van der Waals surface area contributed by atoms with E-state index >= 15 is 0 Å². The van der Waals surface area contributed by atoms with Crippen LogP contribution in [0.15, 0.2) is 108 Å². The average Bonchev–Trinajstić information content (AvgIpc) is 3.49. The van der Waals surface area contributed by atoms with E-state index in [0.29, 0.717) is 22.6 Å². The summed E-state index contributed by atoms with van der Waals surface area (Å²) in [6.07, 6.45) is 3.97. The quantitative estimate of drug-likeness (QED) is 0.270. The van der Waals surface area contributed by atoms with Crippen LogP contribution in [0.25, 0.3) is 6.08 Å². The van der Waals surface area contributed by atoms with Gasteiger partial charge in [-0.2, -0.15) is 0 Å². The van der Waals surface area contributed by atoms with Gasteiger partial charge in [-0.25, -0.2) is 0 Å². The number of hydrogen-bond donors (Lipinski definition) is 1. The van der Waals surface area contributed by atoms with Gasteiger partial charge in [0.1, 0.15) is 17.2 Å². The summed E-state index contributed by atoms with van der Waals surface area (Å²) in [6, 6.07) is 27.8. The van der Waals surface area contributed by atoms with Crippen molar-refractivity contribution in [3.63, 3.8) is 0 Å². The molecule has 1 spiro atoms. The molecule has 202 valence electrons. The second kappa shape index (κ2) is 9.56. The van der Waals surface area contributed by atoms with Gasteiger partial charge in [0.05, 0.1) is 19.1 Å². The largest absolute Gasteiger partial charge is 0.497 e. The van der Waals surface area contributed by atoms with Crippen molar-refractivity contribution in [2.75, 3.05) is 17.3 Å². The number of halogens is 1. The number of carbonyl (C=O) groups excluding carboxylic acids is 3. The van der Waals surface area contributed by atoms with Crippen LogP contribution in [0.5, 0.6) is 5.75 Å². The standard InChI is InChI=1S/C34H25BrN2O4/c1-41-24-17-12-21(13-18-24)31(38)29-30(32(39)22-10-15-23(35)16-11-22)37-27-9-5-2-6-20(27)14-19-28(37)34(29)25-7-3-4-8-26(25)36-33(34)40/h2-19,28-30H,1H3,(H,36,40)/t28-,29+,30-,34+/m1/s1. The van der Waals surface area contributed by atoms with E-state index in [2.05, 4.69) is 21.2 Å². The lowest BCUT2D eigenvalue weighted by molar-refractivity contribution is -0.121.